The van der Waals surface area contributed by atoms with Crippen molar-refractivity contribution in [2.75, 3.05) is 5.32 Å². The van der Waals surface area contributed by atoms with Crippen LogP contribution in [-0.4, -0.2) is 25.9 Å². The van der Waals surface area contributed by atoms with Crippen LogP contribution in [-0.2, 0) is 11.2 Å². The number of hydrogen-bond acceptors (Lipinski definition) is 6. The van der Waals surface area contributed by atoms with Gasteiger partial charge in [0, 0.05) is 35.6 Å². The summed E-state index contributed by atoms with van der Waals surface area (Å²) in [5, 5.41) is 12.4. The molecule has 0 amide bonds. The third-order valence-corrected chi connectivity index (χ3v) is 7.55. The average molecular weight is 474 g/mol. The number of aryl methyl sites for hydroxylation is 1. The van der Waals surface area contributed by atoms with Gasteiger partial charge in [0.05, 0.1) is 17.2 Å². The number of unbranched alkanes of at least 4 members (excludes halogenated alkanes) is 2. The van der Waals surface area contributed by atoms with Crippen molar-refractivity contribution in [1.29, 1.82) is 0 Å². The van der Waals surface area contributed by atoms with Gasteiger partial charge in [0.1, 0.15) is 11.6 Å². The van der Waals surface area contributed by atoms with Gasteiger partial charge in [0.2, 0.25) is 0 Å². The molecule has 0 spiro atoms. The number of H-pyrrole nitrogens is 2. The summed E-state index contributed by atoms with van der Waals surface area (Å²) < 4.78 is 6.03. The third kappa shape index (κ3) is 4.18. The highest BCUT2D eigenvalue weighted by Gasteiger charge is 2.34. The number of allylic oxidation sites excluding steroid dienone is 2. The van der Waals surface area contributed by atoms with Crippen molar-refractivity contribution < 1.29 is 9.21 Å². The molecule has 4 aromatic rings. The summed E-state index contributed by atoms with van der Waals surface area (Å²) in [6, 6.07) is 12.1. The van der Waals surface area contributed by atoms with Gasteiger partial charge < -0.3 is 14.7 Å². The Labute approximate surface area is 201 Å². The molecular formula is C26H27N5O2S. The number of benzene rings is 1. The van der Waals surface area contributed by atoms with E-state index < -0.39 is 0 Å². The molecule has 3 aromatic heterocycles. The first-order chi connectivity index (χ1) is 16.7. The Balaban J connectivity index is 1.02. The molecule has 1 aromatic carbocycles. The molecule has 1 atom stereocenters. The number of anilines is 1. The van der Waals surface area contributed by atoms with Crippen LogP contribution in [0.5, 0.6) is 0 Å². The fourth-order valence-electron chi connectivity index (χ4n) is 5.11. The van der Waals surface area contributed by atoms with Gasteiger partial charge in [-0.25, -0.2) is 4.98 Å². The van der Waals surface area contributed by atoms with Crippen LogP contribution in [0.25, 0.3) is 11.0 Å². The molecule has 0 saturated carbocycles. The standard InChI is InChI=1S/C26H27N5O2S/c32-22-12-6-11-21-24(22)17(18-15-27-31-25(18)28-21)8-3-1-2-7-16-13-14-23(33-16)34-26-29-19-9-4-5-10-20(19)30-26/h4-5,9-10,13-15,17H,1-3,6-8,11-12H2,(H,29,30)(H2,27,28,31). The lowest BCUT2D eigenvalue weighted by Gasteiger charge is -2.31. The number of aromatic amines is 2. The molecule has 6 rings (SSSR count). The van der Waals surface area contributed by atoms with Crippen LogP contribution in [0.4, 0.5) is 5.82 Å². The van der Waals surface area contributed by atoms with Crippen molar-refractivity contribution in [2.24, 2.45) is 0 Å². The fourth-order valence-corrected chi connectivity index (χ4v) is 5.89. The van der Waals surface area contributed by atoms with Gasteiger partial charge in [-0.1, -0.05) is 25.0 Å². The lowest BCUT2D eigenvalue weighted by Crippen LogP contribution is -2.25. The molecule has 0 saturated heterocycles. The van der Waals surface area contributed by atoms with E-state index in [1.807, 2.05) is 36.5 Å². The Bertz CT molecular complexity index is 1330. The van der Waals surface area contributed by atoms with E-state index in [9.17, 15) is 4.79 Å². The topological polar surface area (TPSA) is 99.6 Å². The normalized spacial score (nSPS) is 17.6. The summed E-state index contributed by atoms with van der Waals surface area (Å²) >= 11 is 1.52. The van der Waals surface area contributed by atoms with Gasteiger partial charge in [-0.05, 0) is 61.7 Å². The van der Waals surface area contributed by atoms with Crippen LogP contribution in [0.3, 0.4) is 0 Å². The van der Waals surface area contributed by atoms with Crippen molar-refractivity contribution in [3.8, 4) is 0 Å². The smallest absolute Gasteiger partial charge is 0.174 e. The minimum atomic E-state index is 0.160. The summed E-state index contributed by atoms with van der Waals surface area (Å²) in [5.74, 6) is 2.43. The third-order valence-electron chi connectivity index (χ3n) is 6.74. The Morgan fingerprint density at radius 3 is 2.97 bits per heavy atom. The number of nitrogens with zero attached hydrogens (tertiary/aromatic N) is 2. The maximum absolute atomic E-state index is 12.7. The monoisotopic (exact) mass is 473 g/mol. The number of para-hydroxylation sites is 2. The predicted octanol–water partition coefficient (Wildman–Crippen LogP) is 6.35. The summed E-state index contributed by atoms with van der Waals surface area (Å²) in [6.45, 7) is 0. The van der Waals surface area contributed by atoms with E-state index in [1.54, 1.807) is 0 Å². The molecule has 7 nitrogen and oxygen atoms in total. The van der Waals surface area contributed by atoms with Gasteiger partial charge in [0.25, 0.3) is 0 Å². The van der Waals surface area contributed by atoms with E-state index in [0.717, 1.165) is 94.6 Å². The van der Waals surface area contributed by atoms with Gasteiger partial charge in [-0.2, -0.15) is 5.10 Å². The lowest BCUT2D eigenvalue weighted by molar-refractivity contribution is -0.116. The number of imidazole rings is 1. The van der Waals surface area contributed by atoms with Crippen LogP contribution in [0.2, 0.25) is 0 Å². The molecule has 3 N–H and O–H groups in total. The highest BCUT2D eigenvalue weighted by molar-refractivity contribution is 7.99. The van der Waals surface area contributed by atoms with E-state index >= 15 is 0 Å². The van der Waals surface area contributed by atoms with Gasteiger partial charge in [-0.15, -0.1) is 0 Å². The highest BCUT2D eigenvalue weighted by Crippen LogP contribution is 2.43. The Kier molecular flexibility index (Phi) is 5.74. The van der Waals surface area contributed by atoms with Crippen molar-refractivity contribution in [1.82, 2.24) is 20.2 Å². The fraction of sp³-hybridized carbons (Fsp3) is 0.346. The summed E-state index contributed by atoms with van der Waals surface area (Å²) in [7, 11) is 0. The Morgan fingerprint density at radius 1 is 1.09 bits per heavy atom. The second kappa shape index (κ2) is 9.18. The molecule has 1 aliphatic heterocycles. The average Bonchev–Trinajstić information content (AvgIpc) is 3.58. The zero-order valence-corrected chi connectivity index (χ0v) is 19.7. The quantitative estimate of drug-likeness (QED) is 0.258. The zero-order valence-electron chi connectivity index (χ0n) is 18.9. The van der Waals surface area contributed by atoms with Crippen molar-refractivity contribution in [3.63, 3.8) is 0 Å². The predicted molar refractivity (Wildman–Crippen MR) is 132 cm³/mol. The number of aromatic nitrogens is 4. The lowest BCUT2D eigenvalue weighted by atomic mass is 9.78. The number of Topliss-reactive ketones (excluding diaryl/α,β-unsaturated/α-hetero) is 1. The van der Waals surface area contributed by atoms with E-state index in [4.69, 9.17) is 4.42 Å². The van der Waals surface area contributed by atoms with Gasteiger partial charge in [-0.3, -0.25) is 9.89 Å². The zero-order chi connectivity index (χ0) is 22.9. The van der Waals surface area contributed by atoms with Crippen LogP contribution in [0.15, 0.2) is 68.5 Å². The molecule has 8 heteroatoms. The number of hydrogen-bond donors (Lipinski definition) is 3. The van der Waals surface area contributed by atoms with Crippen LogP contribution < -0.4 is 5.32 Å². The first-order valence-electron chi connectivity index (χ1n) is 12.0. The Morgan fingerprint density at radius 2 is 2.03 bits per heavy atom. The first-order valence-corrected chi connectivity index (χ1v) is 12.8. The number of carbonyl (C=O) groups is 1. The number of fused-ring (bicyclic) bond motifs is 2. The molecule has 4 heterocycles. The molecular weight excluding hydrogens is 446 g/mol. The molecule has 0 radical (unpaired) electrons. The molecule has 1 unspecified atom stereocenters. The van der Waals surface area contributed by atoms with E-state index in [-0.39, 0.29) is 5.92 Å². The van der Waals surface area contributed by atoms with Crippen LogP contribution in [0.1, 0.15) is 62.2 Å². The molecule has 0 bridgehead atoms. The van der Waals surface area contributed by atoms with Gasteiger partial charge >= 0.3 is 0 Å². The second-order valence-corrected chi connectivity index (χ2v) is 10.0. The minimum Gasteiger partial charge on any atom is -0.454 e. The summed E-state index contributed by atoms with van der Waals surface area (Å²) in [5.41, 5.74) is 5.23. The molecule has 174 valence electrons. The molecule has 34 heavy (non-hydrogen) atoms. The maximum atomic E-state index is 12.7. The van der Waals surface area contributed by atoms with E-state index in [2.05, 4.69) is 31.5 Å². The number of furan rings is 1. The van der Waals surface area contributed by atoms with Crippen molar-refractivity contribution in [2.45, 2.75) is 67.5 Å². The SMILES string of the molecule is O=C1CCCC2=C1C(CCCCCc1ccc(Sc3nc4ccccc4[nH]3)o1)c1cn[nH]c1N2. The number of nitrogens with one attached hydrogen (secondary N) is 3. The largest absolute Gasteiger partial charge is 0.454 e. The second-order valence-electron chi connectivity index (χ2n) is 9.03. The van der Waals surface area contributed by atoms with E-state index in [1.165, 1.54) is 11.8 Å². The molecule has 2 aliphatic rings. The minimum absolute atomic E-state index is 0.160. The molecule has 0 fully saturated rings. The first kappa shape index (κ1) is 21.3. The van der Waals surface area contributed by atoms with Crippen molar-refractivity contribution in [3.05, 3.63) is 65.2 Å². The van der Waals surface area contributed by atoms with Crippen LogP contribution in [0, 0.1) is 0 Å². The van der Waals surface area contributed by atoms with Crippen molar-refractivity contribution >= 4 is 34.4 Å². The number of ketones is 1. The van der Waals surface area contributed by atoms with Gasteiger partial charge in [0.15, 0.2) is 16.0 Å². The summed E-state index contributed by atoms with van der Waals surface area (Å²) in [4.78, 5) is 20.6. The number of rotatable bonds is 8. The highest BCUT2D eigenvalue weighted by atomic mass is 32.2. The Hall–Kier alpha value is -3.26. The maximum Gasteiger partial charge on any atom is 0.174 e. The molecule has 1 aliphatic carbocycles. The van der Waals surface area contributed by atoms with Crippen LogP contribution >= 0.6 is 11.8 Å². The summed E-state index contributed by atoms with van der Waals surface area (Å²) in [6.07, 6.45) is 9.54. The van der Waals surface area contributed by atoms with E-state index in [0.29, 0.717) is 12.2 Å². The number of carbonyl (C=O) groups excluding carboxylic acids is 1.